The predicted octanol–water partition coefficient (Wildman–Crippen LogP) is 3.05. The molecule has 5 rings (SSSR count). The lowest BCUT2D eigenvalue weighted by molar-refractivity contribution is 0.0123. The van der Waals surface area contributed by atoms with Crippen molar-refractivity contribution >= 4 is 11.6 Å². The van der Waals surface area contributed by atoms with Crippen molar-refractivity contribution in [3.8, 4) is 0 Å². The van der Waals surface area contributed by atoms with Crippen LogP contribution < -0.4 is 5.32 Å². The maximum atomic E-state index is 6.23. The Balaban J connectivity index is 1.41. The van der Waals surface area contributed by atoms with Crippen LogP contribution in [0.1, 0.15) is 31.2 Å². The molecule has 0 radical (unpaired) electrons. The van der Waals surface area contributed by atoms with Crippen LogP contribution in [0, 0.1) is 5.92 Å². The maximum absolute atomic E-state index is 6.23. The SMILES string of the molecule is Clc1ccccc1CNC1CN2C3CCC2CC1C3. The molecule has 0 aliphatic carbocycles. The number of hydrogen-bond donors (Lipinski definition) is 1. The minimum absolute atomic E-state index is 0.668. The molecule has 4 bridgehead atoms. The van der Waals surface area contributed by atoms with Gasteiger partial charge in [-0.1, -0.05) is 29.8 Å². The van der Waals surface area contributed by atoms with Crippen molar-refractivity contribution in [1.29, 1.82) is 0 Å². The third-order valence-corrected chi connectivity index (χ3v) is 5.78. The van der Waals surface area contributed by atoms with Gasteiger partial charge in [-0.3, -0.25) is 4.90 Å². The van der Waals surface area contributed by atoms with Gasteiger partial charge in [0.2, 0.25) is 0 Å². The van der Waals surface area contributed by atoms with Crippen LogP contribution in [0.3, 0.4) is 0 Å². The Labute approximate surface area is 120 Å². The van der Waals surface area contributed by atoms with Crippen molar-refractivity contribution < 1.29 is 0 Å². The minimum atomic E-state index is 0.668. The summed E-state index contributed by atoms with van der Waals surface area (Å²) in [7, 11) is 0. The van der Waals surface area contributed by atoms with Crippen LogP contribution in [0.15, 0.2) is 24.3 Å². The van der Waals surface area contributed by atoms with Gasteiger partial charge in [-0.2, -0.15) is 0 Å². The fraction of sp³-hybridized carbons (Fsp3) is 0.625. The van der Waals surface area contributed by atoms with E-state index in [-0.39, 0.29) is 0 Å². The molecule has 102 valence electrons. The third-order valence-electron chi connectivity index (χ3n) is 5.41. The Kier molecular flexibility index (Phi) is 3.06. The molecule has 0 amide bonds. The molecule has 0 aromatic heterocycles. The standard InChI is InChI=1S/C16H21ClN2/c17-15-4-2-1-3-11(15)9-18-16-10-19-13-5-6-14(19)8-12(16)7-13/h1-4,12-14,16,18H,5-10H2. The normalized spacial score (nSPS) is 39.7. The third kappa shape index (κ3) is 2.10. The van der Waals surface area contributed by atoms with Gasteiger partial charge in [0.1, 0.15) is 0 Å². The molecule has 1 N–H and O–H groups in total. The number of fused-ring (bicyclic) bond motifs is 1. The van der Waals surface area contributed by atoms with Crippen LogP contribution in [-0.4, -0.2) is 29.6 Å². The monoisotopic (exact) mass is 276 g/mol. The zero-order valence-corrected chi connectivity index (χ0v) is 11.9. The summed E-state index contributed by atoms with van der Waals surface area (Å²) in [5.41, 5.74) is 1.23. The predicted molar refractivity (Wildman–Crippen MR) is 78.3 cm³/mol. The molecular formula is C16H21ClN2. The van der Waals surface area contributed by atoms with Gasteiger partial charge in [-0.05, 0) is 43.2 Å². The van der Waals surface area contributed by atoms with E-state index in [4.69, 9.17) is 11.6 Å². The number of rotatable bonds is 3. The highest BCUT2D eigenvalue weighted by atomic mass is 35.5. The van der Waals surface area contributed by atoms with Crippen molar-refractivity contribution in [1.82, 2.24) is 10.2 Å². The van der Waals surface area contributed by atoms with Gasteiger partial charge in [0, 0.05) is 36.2 Å². The lowest BCUT2D eigenvalue weighted by Crippen LogP contribution is -2.60. The molecule has 4 heterocycles. The average molecular weight is 277 g/mol. The van der Waals surface area contributed by atoms with E-state index in [0.29, 0.717) is 6.04 Å². The number of nitrogens with zero attached hydrogens (tertiary/aromatic N) is 1. The Bertz CT molecular complexity index is 462. The molecule has 2 nitrogen and oxygen atoms in total. The van der Waals surface area contributed by atoms with E-state index in [1.165, 1.54) is 37.8 Å². The molecule has 3 atom stereocenters. The van der Waals surface area contributed by atoms with E-state index in [1.54, 1.807) is 0 Å². The number of benzene rings is 1. The molecule has 1 aromatic carbocycles. The highest BCUT2D eigenvalue weighted by molar-refractivity contribution is 6.31. The second-order valence-electron chi connectivity index (χ2n) is 6.39. The average Bonchev–Trinajstić information content (AvgIpc) is 2.71. The zero-order valence-electron chi connectivity index (χ0n) is 11.2. The van der Waals surface area contributed by atoms with E-state index in [9.17, 15) is 0 Å². The first-order valence-corrected chi connectivity index (χ1v) is 7.91. The van der Waals surface area contributed by atoms with Gasteiger partial charge in [0.05, 0.1) is 0 Å². The minimum Gasteiger partial charge on any atom is -0.308 e. The topological polar surface area (TPSA) is 15.3 Å². The second kappa shape index (κ2) is 4.76. The molecule has 4 aliphatic heterocycles. The van der Waals surface area contributed by atoms with Gasteiger partial charge in [0.15, 0.2) is 0 Å². The maximum Gasteiger partial charge on any atom is 0.0450 e. The highest BCUT2D eigenvalue weighted by Gasteiger charge is 2.48. The van der Waals surface area contributed by atoms with Gasteiger partial charge < -0.3 is 5.32 Å². The molecular weight excluding hydrogens is 256 g/mol. The summed E-state index contributed by atoms with van der Waals surface area (Å²) in [5, 5.41) is 4.64. The Morgan fingerprint density at radius 2 is 1.89 bits per heavy atom. The van der Waals surface area contributed by atoms with Crippen LogP contribution in [-0.2, 0) is 6.54 Å². The fourth-order valence-electron chi connectivity index (χ4n) is 4.43. The molecule has 3 unspecified atom stereocenters. The molecule has 19 heavy (non-hydrogen) atoms. The lowest BCUT2D eigenvalue weighted by atomic mass is 9.79. The molecule has 3 heteroatoms. The van der Waals surface area contributed by atoms with Crippen molar-refractivity contribution in [2.45, 2.75) is 50.4 Å². The quantitative estimate of drug-likeness (QED) is 0.913. The van der Waals surface area contributed by atoms with E-state index in [1.807, 2.05) is 12.1 Å². The molecule has 4 fully saturated rings. The molecule has 1 aromatic rings. The summed E-state index contributed by atoms with van der Waals surface area (Å²) in [6, 6.07) is 10.7. The van der Waals surface area contributed by atoms with E-state index >= 15 is 0 Å². The smallest absolute Gasteiger partial charge is 0.0450 e. The lowest BCUT2D eigenvalue weighted by Gasteiger charge is -2.50. The Hall–Kier alpha value is -0.570. The highest BCUT2D eigenvalue weighted by Crippen LogP contribution is 2.44. The van der Waals surface area contributed by atoms with Crippen molar-refractivity contribution in [2.24, 2.45) is 5.92 Å². The second-order valence-corrected chi connectivity index (χ2v) is 6.80. The first kappa shape index (κ1) is 12.2. The van der Waals surface area contributed by atoms with Gasteiger partial charge in [0.25, 0.3) is 0 Å². The van der Waals surface area contributed by atoms with E-state index < -0.39 is 0 Å². The Morgan fingerprint density at radius 3 is 2.58 bits per heavy atom. The number of nitrogens with one attached hydrogen (secondary N) is 1. The van der Waals surface area contributed by atoms with Crippen LogP contribution in [0.25, 0.3) is 0 Å². The first-order valence-electron chi connectivity index (χ1n) is 7.54. The van der Waals surface area contributed by atoms with Gasteiger partial charge in [-0.15, -0.1) is 0 Å². The van der Waals surface area contributed by atoms with Crippen LogP contribution in [0.4, 0.5) is 0 Å². The molecule has 0 spiro atoms. The summed E-state index contributed by atoms with van der Waals surface area (Å²) < 4.78 is 0. The van der Waals surface area contributed by atoms with Crippen LogP contribution in [0.5, 0.6) is 0 Å². The number of hydrogen-bond acceptors (Lipinski definition) is 2. The summed E-state index contributed by atoms with van der Waals surface area (Å²) in [6.07, 6.45) is 5.71. The fourth-order valence-corrected chi connectivity index (χ4v) is 4.64. The first-order chi connectivity index (χ1) is 9.31. The summed E-state index contributed by atoms with van der Waals surface area (Å²) in [4.78, 5) is 2.77. The molecule has 4 aliphatic rings. The van der Waals surface area contributed by atoms with E-state index in [2.05, 4.69) is 22.3 Å². The van der Waals surface area contributed by atoms with Gasteiger partial charge >= 0.3 is 0 Å². The zero-order chi connectivity index (χ0) is 12.8. The summed E-state index contributed by atoms with van der Waals surface area (Å²) in [5.74, 6) is 0.894. The summed E-state index contributed by atoms with van der Waals surface area (Å²) in [6.45, 7) is 2.16. The van der Waals surface area contributed by atoms with Gasteiger partial charge in [-0.25, -0.2) is 0 Å². The largest absolute Gasteiger partial charge is 0.308 e. The van der Waals surface area contributed by atoms with Crippen molar-refractivity contribution in [2.75, 3.05) is 6.54 Å². The van der Waals surface area contributed by atoms with E-state index in [0.717, 1.165) is 29.6 Å². The summed E-state index contributed by atoms with van der Waals surface area (Å²) >= 11 is 6.23. The van der Waals surface area contributed by atoms with Crippen LogP contribution in [0.2, 0.25) is 5.02 Å². The molecule has 0 saturated carbocycles. The number of halogens is 1. The Morgan fingerprint density at radius 1 is 1.16 bits per heavy atom. The van der Waals surface area contributed by atoms with Crippen molar-refractivity contribution in [3.05, 3.63) is 34.9 Å². The number of piperidine rings is 3. The van der Waals surface area contributed by atoms with Crippen molar-refractivity contribution in [3.63, 3.8) is 0 Å². The van der Waals surface area contributed by atoms with Crippen LogP contribution >= 0.6 is 11.6 Å². The molecule has 4 saturated heterocycles.